The second-order valence-corrected chi connectivity index (χ2v) is 9.72. The van der Waals surface area contributed by atoms with Gasteiger partial charge in [-0.25, -0.2) is 8.42 Å². The Morgan fingerprint density at radius 1 is 0.800 bits per heavy atom. The Morgan fingerprint density at radius 2 is 1.49 bits per heavy atom. The highest BCUT2D eigenvalue weighted by molar-refractivity contribution is 7.89. The number of hydrazine groups is 1. The van der Waals surface area contributed by atoms with Crippen molar-refractivity contribution in [3.8, 4) is 23.0 Å². The van der Waals surface area contributed by atoms with E-state index in [-0.39, 0.29) is 4.90 Å². The van der Waals surface area contributed by atoms with Crippen LogP contribution in [0.25, 0.3) is 5.70 Å². The van der Waals surface area contributed by atoms with Gasteiger partial charge in [0.25, 0.3) is 10.0 Å². The first kappa shape index (κ1) is 24.4. The van der Waals surface area contributed by atoms with Crippen LogP contribution >= 0.6 is 0 Å². The van der Waals surface area contributed by atoms with Crippen LogP contribution in [0, 0.1) is 6.92 Å². The SMILES string of the molecule is COc1ccc(C2=CC(c3cccc(OC)c3OC)N(S(=O)(=O)c3ccc(C)cc3)N2)cc1OC. The van der Waals surface area contributed by atoms with E-state index in [2.05, 4.69) is 5.43 Å². The predicted octanol–water partition coefficient (Wildman–Crippen LogP) is 4.32. The molecule has 8 nitrogen and oxygen atoms in total. The van der Waals surface area contributed by atoms with Crippen molar-refractivity contribution in [1.82, 2.24) is 9.84 Å². The number of hydrogen-bond donors (Lipinski definition) is 1. The number of sulfonamides is 1. The Labute approximate surface area is 205 Å². The van der Waals surface area contributed by atoms with E-state index < -0.39 is 16.1 Å². The van der Waals surface area contributed by atoms with Gasteiger partial charge >= 0.3 is 0 Å². The molecule has 1 N–H and O–H groups in total. The number of ether oxygens (including phenoxy) is 4. The van der Waals surface area contributed by atoms with Crippen molar-refractivity contribution in [2.24, 2.45) is 0 Å². The zero-order chi connectivity index (χ0) is 25.2. The molecule has 0 spiro atoms. The number of nitrogens with one attached hydrogen (secondary N) is 1. The average Bonchev–Trinajstić information content (AvgIpc) is 3.34. The summed E-state index contributed by atoms with van der Waals surface area (Å²) < 4.78 is 50.7. The maximum absolute atomic E-state index is 13.8. The third-order valence-electron chi connectivity index (χ3n) is 5.83. The molecule has 0 amide bonds. The summed E-state index contributed by atoms with van der Waals surface area (Å²) >= 11 is 0. The van der Waals surface area contributed by atoms with Gasteiger partial charge in [-0.05, 0) is 49.4 Å². The lowest BCUT2D eigenvalue weighted by Crippen LogP contribution is -2.39. The van der Waals surface area contributed by atoms with Crippen molar-refractivity contribution in [3.63, 3.8) is 0 Å². The summed E-state index contributed by atoms with van der Waals surface area (Å²) in [6.45, 7) is 1.91. The molecule has 35 heavy (non-hydrogen) atoms. The molecule has 0 saturated heterocycles. The highest BCUT2D eigenvalue weighted by atomic mass is 32.2. The van der Waals surface area contributed by atoms with Crippen LogP contribution in [-0.2, 0) is 10.0 Å². The lowest BCUT2D eigenvalue weighted by atomic mass is 10.0. The van der Waals surface area contributed by atoms with E-state index in [4.69, 9.17) is 18.9 Å². The Kier molecular flexibility index (Phi) is 6.90. The lowest BCUT2D eigenvalue weighted by molar-refractivity contribution is 0.321. The average molecular weight is 497 g/mol. The van der Waals surface area contributed by atoms with Crippen LogP contribution in [0.3, 0.4) is 0 Å². The Balaban J connectivity index is 1.86. The van der Waals surface area contributed by atoms with Crippen LogP contribution < -0.4 is 24.4 Å². The summed E-state index contributed by atoms with van der Waals surface area (Å²) in [6.07, 6.45) is 1.84. The Hall–Kier alpha value is -3.69. The van der Waals surface area contributed by atoms with Gasteiger partial charge in [-0.15, -0.1) is 4.41 Å². The first-order valence-corrected chi connectivity index (χ1v) is 12.3. The molecular formula is C26H28N2O6S. The lowest BCUT2D eigenvalue weighted by Gasteiger charge is -2.26. The number of methoxy groups -OCH3 is 4. The van der Waals surface area contributed by atoms with Gasteiger partial charge in [0.15, 0.2) is 23.0 Å². The second kappa shape index (κ2) is 9.89. The molecule has 3 aromatic carbocycles. The third kappa shape index (κ3) is 4.52. The monoisotopic (exact) mass is 496 g/mol. The standard InChI is InChI=1S/C26H28N2O6S/c1-17-9-12-19(13-10-17)35(29,30)28-22(20-7-6-8-24(32-3)26(20)34-5)16-21(27-28)18-11-14-23(31-2)25(15-18)33-4/h6-16,22,27H,1-5H3. The molecule has 1 atom stereocenters. The Bertz CT molecular complexity index is 1350. The minimum Gasteiger partial charge on any atom is -0.493 e. The molecule has 0 aromatic heterocycles. The van der Waals surface area contributed by atoms with Crippen molar-refractivity contribution in [2.75, 3.05) is 28.4 Å². The topological polar surface area (TPSA) is 86.3 Å². The van der Waals surface area contributed by atoms with Crippen LogP contribution in [0.2, 0.25) is 0 Å². The molecule has 0 aliphatic carbocycles. The van der Waals surface area contributed by atoms with Crippen molar-refractivity contribution in [1.29, 1.82) is 0 Å². The largest absolute Gasteiger partial charge is 0.493 e. The van der Waals surface area contributed by atoms with Crippen molar-refractivity contribution in [3.05, 3.63) is 83.4 Å². The van der Waals surface area contributed by atoms with Gasteiger partial charge in [0.05, 0.1) is 45.1 Å². The summed E-state index contributed by atoms with van der Waals surface area (Å²) in [7, 11) is 2.24. The van der Waals surface area contributed by atoms with Gasteiger partial charge in [0, 0.05) is 11.1 Å². The third-order valence-corrected chi connectivity index (χ3v) is 7.54. The first-order valence-electron chi connectivity index (χ1n) is 10.9. The molecule has 1 heterocycles. The normalized spacial score (nSPS) is 15.8. The van der Waals surface area contributed by atoms with Gasteiger partial charge in [0.1, 0.15) is 0 Å². The zero-order valence-electron chi connectivity index (χ0n) is 20.2. The maximum atomic E-state index is 13.8. The van der Waals surface area contributed by atoms with Crippen molar-refractivity contribution in [2.45, 2.75) is 17.9 Å². The smallest absolute Gasteiger partial charge is 0.260 e. The summed E-state index contributed by atoms with van der Waals surface area (Å²) in [5.74, 6) is 2.06. The van der Waals surface area contributed by atoms with E-state index in [0.717, 1.165) is 11.1 Å². The first-order chi connectivity index (χ1) is 16.8. The number of nitrogens with zero attached hydrogens (tertiary/aromatic N) is 1. The minimum absolute atomic E-state index is 0.171. The Morgan fingerprint density at radius 3 is 2.11 bits per heavy atom. The molecule has 3 aromatic rings. The van der Waals surface area contributed by atoms with E-state index in [9.17, 15) is 8.42 Å². The van der Waals surface area contributed by atoms with Gasteiger partial charge in [-0.1, -0.05) is 29.8 Å². The number of rotatable bonds is 8. The van der Waals surface area contributed by atoms with E-state index in [1.165, 1.54) is 11.5 Å². The maximum Gasteiger partial charge on any atom is 0.260 e. The molecule has 4 rings (SSSR count). The highest BCUT2D eigenvalue weighted by Gasteiger charge is 2.39. The fourth-order valence-corrected chi connectivity index (χ4v) is 5.41. The minimum atomic E-state index is -3.95. The fraction of sp³-hybridized carbons (Fsp3) is 0.231. The van der Waals surface area contributed by atoms with Crippen LogP contribution in [0.5, 0.6) is 23.0 Å². The fourth-order valence-electron chi connectivity index (χ4n) is 4.01. The van der Waals surface area contributed by atoms with Crippen LogP contribution in [0.15, 0.2) is 71.6 Å². The van der Waals surface area contributed by atoms with Crippen molar-refractivity contribution >= 4 is 15.7 Å². The summed E-state index contributed by atoms with van der Waals surface area (Å²) in [6, 6.07) is 16.8. The predicted molar refractivity (Wildman–Crippen MR) is 133 cm³/mol. The van der Waals surface area contributed by atoms with Gasteiger partial charge < -0.3 is 24.4 Å². The molecular weight excluding hydrogens is 468 g/mol. The second-order valence-electron chi connectivity index (χ2n) is 7.90. The molecule has 1 aliphatic rings. The van der Waals surface area contributed by atoms with Gasteiger partial charge in [0.2, 0.25) is 0 Å². The van der Waals surface area contributed by atoms with Gasteiger partial charge in [-0.3, -0.25) is 0 Å². The molecule has 184 valence electrons. The number of benzene rings is 3. The van der Waals surface area contributed by atoms with Gasteiger partial charge in [-0.2, -0.15) is 0 Å². The van der Waals surface area contributed by atoms with E-state index >= 15 is 0 Å². The number of aryl methyl sites for hydroxylation is 1. The molecule has 0 fully saturated rings. The van der Waals surface area contributed by atoms with E-state index in [0.29, 0.717) is 34.3 Å². The molecule has 0 saturated carbocycles. The summed E-state index contributed by atoms with van der Waals surface area (Å²) in [4.78, 5) is 0.171. The molecule has 1 unspecified atom stereocenters. The van der Waals surface area contributed by atoms with E-state index in [1.807, 2.05) is 25.1 Å². The number of para-hydroxylation sites is 1. The molecule has 9 heteroatoms. The zero-order valence-corrected chi connectivity index (χ0v) is 21.0. The van der Waals surface area contributed by atoms with Crippen LogP contribution in [0.4, 0.5) is 0 Å². The van der Waals surface area contributed by atoms with E-state index in [1.54, 1.807) is 69.9 Å². The number of hydrogen-bond acceptors (Lipinski definition) is 7. The van der Waals surface area contributed by atoms with Crippen molar-refractivity contribution < 1.29 is 27.4 Å². The molecule has 1 aliphatic heterocycles. The van der Waals surface area contributed by atoms with Crippen LogP contribution in [-0.4, -0.2) is 41.3 Å². The molecule has 0 bridgehead atoms. The molecule has 0 radical (unpaired) electrons. The summed E-state index contributed by atoms with van der Waals surface area (Å²) in [5, 5.41) is 0. The van der Waals surface area contributed by atoms with Crippen LogP contribution in [0.1, 0.15) is 22.7 Å². The highest BCUT2D eigenvalue weighted by Crippen LogP contribution is 2.43. The summed E-state index contributed by atoms with van der Waals surface area (Å²) in [5.41, 5.74) is 6.02. The quantitative estimate of drug-likeness (QED) is 0.497.